The van der Waals surface area contributed by atoms with Crippen LogP contribution in [0.4, 0.5) is 23.0 Å². The Morgan fingerprint density at radius 3 is 1.45 bits per heavy atom. The van der Waals surface area contributed by atoms with Crippen molar-refractivity contribution in [2.24, 2.45) is 0 Å². The van der Waals surface area contributed by atoms with Crippen molar-refractivity contribution >= 4 is 77.1 Å². The van der Waals surface area contributed by atoms with Gasteiger partial charge in [0.25, 0.3) is 0 Å². The minimum atomic E-state index is -3.72. The Bertz CT molecular complexity index is 2630. The number of pyridine rings is 2. The van der Waals surface area contributed by atoms with Crippen molar-refractivity contribution in [3.63, 3.8) is 0 Å². The maximum atomic E-state index is 13.1. The molecule has 0 aliphatic heterocycles. The van der Waals surface area contributed by atoms with Gasteiger partial charge in [-0.25, -0.2) is 16.8 Å². The van der Waals surface area contributed by atoms with Gasteiger partial charge in [0.05, 0.1) is 39.0 Å². The molecule has 14 nitrogen and oxygen atoms in total. The quantitative estimate of drug-likeness (QED) is 0.100. The van der Waals surface area contributed by atoms with E-state index in [1.807, 2.05) is 41.5 Å². The zero-order valence-electron chi connectivity index (χ0n) is 35.7. The fourth-order valence-electron chi connectivity index (χ4n) is 5.25. The van der Waals surface area contributed by atoms with Gasteiger partial charge < -0.3 is 33.1 Å². The molecule has 2 aromatic carbocycles. The Morgan fingerprint density at radius 1 is 0.707 bits per heavy atom. The van der Waals surface area contributed by atoms with Crippen LogP contribution in [-0.2, 0) is 32.3 Å². The molecule has 0 fully saturated rings. The monoisotopic (exact) mass is 860 g/mol. The first-order valence-corrected chi connectivity index (χ1v) is 21.6. The van der Waals surface area contributed by atoms with Crippen LogP contribution in [0, 0.1) is 27.7 Å². The summed E-state index contributed by atoms with van der Waals surface area (Å²) in [6, 6.07) is 9.67. The van der Waals surface area contributed by atoms with E-state index in [2.05, 4.69) is 53.6 Å². The minimum Gasteiger partial charge on any atom is -0.790 e. The van der Waals surface area contributed by atoms with Crippen LogP contribution < -0.4 is 44.9 Å². The van der Waals surface area contributed by atoms with Crippen LogP contribution in [0.3, 0.4) is 0 Å². The van der Waals surface area contributed by atoms with E-state index in [-0.39, 0.29) is 50.8 Å². The molecule has 0 saturated heterocycles. The number of aromatic amines is 2. The number of anilines is 4. The molecule has 0 amide bonds. The molecule has 4 aromatic heterocycles. The summed E-state index contributed by atoms with van der Waals surface area (Å²) >= 11 is 4.62. The van der Waals surface area contributed by atoms with Crippen LogP contribution in [0.25, 0.3) is 21.8 Å². The number of phenolic OH excluding ortho intramolecular Hbond substituents is 1. The zero-order chi connectivity index (χ0) is 42.8. The van der Waals surface area contributed by atoms with E-state index >= 15 is 0 Å². The number of methoxy groups -OCH3 is 1. The molecule has 4 heterocycles. The van der Waals surface area contributed by atoms with E-state index < -0.39 is 29.2 Å². The van der Waals surface area contributed by atoms with Gasteiger partial charge in [-0.3, -0.25) is 20.2 Å². The second-order valence-electron chi connectivity index (χ2n) is 15.7. The number of aryl methyl sites for hydroxylation is 2. The number of nitrogens with one attached hydrogen (secondary N) is 4. The van der Waals surface area contributed by atoms with Crippen molar-refractivity contribution in [2.75, 3.05) is 17.7 Å². The van der Waals surface area contributed by atoms with Gasteiger partial charge in [0, 0.05) is 57.8 Å². The van der Waals surface area contributed by atoms with E-state index in [0.717, 1.165) is 28.2 Å². The topological polar surface area (TPSA) is 205 Å². The molecule has 0 atom stereocenters. The molecule has 0 aliphatic carbocycles. The van der Waals surface area contributed by atoms with E-state index in [1.165, 1.54) is 19.2 Å². The number of ether oxygens (including phenoxy) is 1. The number of aromatic hydroxyl groups is 1. The Hall–Kier alpha value is -3.87. The molecule has 18 heteroatoms. The van der Waals surface area contributed by atoms with Crippen molar-refractivity contribution in [1.82, 2.24) is 30.4 Å². The first kappa shape index (κ1) is 48.5. The fourth-order valence-corrected chi connectivity index (χ4v) is 7.85. The third-order valence-corrected chi connectivity index (χ3v) is 14.1. The predicted octanol–water partition coefficient (Wildman–Crippen LogP) is 5.44. The number of nitrogens with zero attached hydrogens (tertiary/aromatic N) is 4. The van der Waals surface area contributed by atoms with Crippen molar-refractivity contribution < 1.29 is 56.2 Å². The maximum Gasteiger partial charge on any atom is 1.00 e. The van der Waals surface area contributed by atoms with Crippen molar-refractivity contribution in [3.8, 4) is 11.5 Å². The molecule has 58 heavy (non-hydrogen) atoms. The van der Waals surface area contributed by atoms with Gasteiger partial charge in [-0.2, -0.15) is 15.4 Å². The molecule has 0 bridgehead atoms. The van der Waals surface area contributed by atoms with Crippen molar-refractivity contribution in [3.05, 3.63) is 71.3 Å². The van der Waals surface area contributed by atoms with Gasteiger partial charge >= 0.3 is 29.6 Å². The van der Waals surface area contributed by atoms with Crippen LogP contribution in [-0.4, -0.2) is 74.2 Å². The number of aromatic nitrogens is 6. The zero-order valence-corrected chi connectivity index (χ0v) is 40.1. The maximum absolute atomic E-state index is 13.1. The Labute approximate surface area is 369 Å². The van der Waals surface area contributed by atoms with Crippen molar-refractivity contribution in [1.29, 1.82) is 0 Å². The number of rotatable bonds is 7. The first-order chi connectivity index (χ1) is 26.3. The molecule has 6 rings (SSSR count). The summed E-state index contributed by atoms with van der Waals surface area (Å²) in [4.78, 5) is 8.64. The standard InChI is InChI=1S/C19H24N4O3S.C18H22N4O3S.C3H8S.Na/c1-11-12(2)22-23-18(11)21-14-7-8-20-15-10-16(26-6)17(9-13(14)15)27(24,25)19(3,4)5;1-10-11(2)21-22-17(10)20-13-6-7-19-14-9-15(23)16(8-12(13)14)26(24,25)18(3,4)5;1-3(2)4;/h7-10H,1-6H3,(H2,20,21,22,23);6-9,23H,1-5H3,(H2,19,20,21,22);3-4H,1-2H3;/q;;;+1/p-1. The minimum absolute atomic E-state index is 0. The molecule has 0 aliphatic rings. The third kappa shape index (κ3) is 10.5. The van der Waals surface area contributed by atoms with Crippen LogP contribution >= 0.6 is 0 Å². The smallest absolute Gasteiger partial charge is 0.790 e. The summed E-state index contributed by atoms with van der Waals surface area (Å²) in [7, 11) is -5.87. The number of benzene rings is 2. The average Bonchev–Trinajstić information content (AvgIpc) is 3.60. The number of fused-ring (bicyclic) bond motifs is 2. The second-order valence-corrected chi connectivity index (χ2v) is 22.0. The Morgan fingerprint density at radius 2 is 1.09 bits per heavy atom. The number of hydrogen-bond donors (Lipinski definition) is 5. The van der Waals surface area contributed by atoms with E-state index in [4.69, 9.17) is 4.74 Å². The molecule has 0 saturated carbocycles. The third-order valence-electron chi connectivity index (χ3n) is 9.05. The average molecular weight is 861 g/mol. The van der Waals surface area contributed by atoms with E-state index in [0.29, 0.717) is 44.4 Å². The van der Waals surface area contributed by atoms with Crippen LogP contribution in [0.15, 0.2) is 58.6 Å². The number of phenols is 1. The van der Waals surface area contributed by atoms with Crippen LogP contribution in [0.1, 0.15) is 77.9 Å². The van der Waals surface area contributed by atoms with Gasteiger partial charge in [0.15, 0.2) is 31.3 Å². The van der Waals surface area contributed by atoms with Gasteiger partial charge in [0.1, 0.15) is 21.3 Å². The van der Waals surface area contributed by atoms with Gasteiger partial charge in [-0.15, -0.1) is 0 Å². The largest absolute Gasteiger partial charge is 1.00 e. The molecule has 0 radical (unpaired) electrons. The van der Waals surface area contributed by atoms with Crippen LogP contribution in [0.5, 0.6) is 11.5 Å². The summed E-state index contributed by atoms with van der Waals surface area (Å²) in [6.07, 6.45) is 3.26. The summed E-state index contributed by atoms with van der Waals surface area (Å²) in [5.41, 5.74) is 6.39. The van der Waals surface area contributed by atoms with Gasteiger partial charge in [-0.05, 0) is 93.5 Å². The normalized spacial score (nSPS) is 12.0. The molecule has 0 unspecified atom stereocenters. The molecule has 6 aromatic rings. The van der Waals surface area contributed by atoms with E-state index in [1.54, 1.807) is 78.2 Å². The fraction of sp³-hybridized carbons (Fsp3) is 0.400. The molecule has 308 valence electrons. The van der Waals surface area contributed by atoms with Crippen molar-refractivity contribution in [2.45, 2.75) is 108 Å². The van der Waals surface area contributed by atoms with Crippen LogP contribution in [0.2, 0.25) is 0 Å². The Kier molecular flexibility index (Phi) is 15.5. The second kappa shape index (κ2) is 18.6. The summed E-state index contributed by atoms with van der Waals surface area (Å²) in [5.74, 6) is 1.33. The predicted molar refractivity (Wildman–Crippen MR) is 231 cm³/mol. The molecule has 0 spiro atoms. The summed E-state index contributed by atoms with van der Waals surface area (Å²) in [6.45, 7) is 21.5. The summed E-state index contributed by atoms with van der Waals surface area (Å²) in [5, 5.41) is 32.8. The first-order valence-electron chi connectivity index (χ1n) is 18.1. The van der Waals surface area contributed by atoms with Gasteiger partial charge in [0.2, 0.25) is 0 Å². The van der Waals surface area contributed by atoms with E-state index in [9.17, 15) is 21.9 Å². The molecular weight excluding hydrogens is 808 g/mol. The number of H-pyrrole nitrogens is 2. The number of hydrogen-bond acceptors (Lipinski definition) is 13. The molecular formula is C40H53N8NaO6S3. The summed E-state index contributed by atoms with van der Waals surface area (Å²) < 4.78 is 55.1. The van der Waals surface area contributed by atoms with Gasteiger partial charge in [-0.1, -0.05) is 13.8 Å². The Balaban J connectivity index is 0.000000280. The molecule has 5 N–H and O–H groups in total. The number of sulfone groups is 2. The SMILES string of the molecule is CC(C)[S-].COc1cc2nccc(Nc3n[nH]c(C)c3C)c2cc1S(=O)(=O)C(C)(C)C.Cc1[nH]nc(Nc2ccnc3cc(O)c(S(=O)(=O)C(C)(C)C)cc23)c1C.[Na+].